The summed E-state index contributed by atoms with van der Waals surface area (Å²) >= 11 is 0. The Hall–Kier alpha value is -3.59. The molecule has 14 heteroatoms. The van der Waals surface area contributed by atoms with E-state index in [0.717, 1.165) is 18.4 Å². The minimum atomic E-state index is -1.23. The molecule has 4 fully saturated rings. The monoisotopic (exact) mass is 813 g/mol. The van der Waals surface area contributed by atoms with Gasteiger partial charge in [-0.3, -0.25) is 19.2 Å². The molecule has 1 aliphatic carbocycles. The summed E-state index contributed by atoms with van der Waals surface area (Å²) in [7, 11) is 5.52. The molecule has 3 saturated heterocycles. The summed E-state index contributed by atoms with van der Waals surface area (Å²) in [5.74, 6) is -5.29. The van der Waals surface area contributed by atoms with E-state index in [1.165, 1.54) is 14.0 Å². The molecule has 3 heterocycles. The Bertz CT molecular complexity index is 1620. The number of esters is 2. The predicted octanol–water partition coefficient (Wildman–Crippen LogP) is 5.29. The highest BCUT2D eigenvalue weighted by Crippen LogP contribution is 2.42. The van der Waals surface area contributed by atoms with Crippen LogP contribution in [0.25, 0.3) is 0 Å². The Balaban J connectivity index is 1.44. The van der Waals surface area contributed by atoms with Crippen LogP contribution in [0.5, 0.6) is 0 Å². The zero-order valence-electron chi connectivity index (χ0n) is 36.4. The highest BCUT2D eigenvalue weighted by molar-refractivity contribution is 6.00. The van der Waals surface area contributed by atoms with Crippen LogP contribution >= 0.6 is 0 Å². The molecule has 1 N–H and O–H groups in total. The van der Waals surface area contributed by atoms with E-state index in [-0.39, 0.29) is 43.4 Å². The van der Waals surface area contributed by atoms with Crippen molar-refractivity contribution in [2.24, 2.45) is 29.6 Å². The fourth-order valence-electron chi connectivity index (χ4n) is 9.42. The quantitative estimate of drug-likeness (QED) is 0.185. The number of hydrogen-bond donors (Lipinski definition) is 1. The summed E-state index contributed by atoms with van der Waals surface area (Å²) in [5, 5.41) is 3.10. The van der Waals surface area contributed by atoms with Crippen LogP contribution in [0.15, 0.2) is 30.3 Å². The zero-order valence-corrected chi connectivity index (χ0v) is 36.4. The second-order valence-electron chi connectivity index (χ2n) is 17.9. The lowest BCUT2D eigenvalue weighted by atomic mass is 9.78. The van der Waals surface area contributed by atoms with Gasteiger partial charge in [0.05, 0.1) is 30.8 Å². The molecule has 3 aliphatic heterocycles. The van der Waals surface area contributed by atoms with Crippen molar-refractivity contribution in [1.82, 2.24) is 15.1 Å². The smallest absolute Gasteiger partial charge is 0.410 e. The van der Waals surface area contributed by atoms with E-state index in [9.17, 15) is 24.0 Å². The Morgan fingerprint density at radius 3 is 2.28 bits per heavy atom. The van der Waals surface area contributed by atoms with E-state index in [2.05, 4.69) is 10.2 Å². The molecule has 4 aliphatic rings. The summed E-state index contributed by atoms with van der Waals surface area (Å²) in [6.45, 7) is 14.7. The van der Waals surface area contributed by atoms with Crippen molar-refractivity contribution in [2.45, 2.75) is 154 Å². The summed E-state index contributed by atoms with van der Waals surface area (Å²) < 4.78 is 37.7. The van der Waals surface area contributed by atoms with Crippen LogP contribution in [-0.2, 0) is 54.2 Å². The number of carbonyl (C=O) groups excluding carboxylic acids is 5. The van der Waals surface area contributed by atoms with Gasteiger partial charge in [0, 0.05) is 48.9 Å². The number of carbonyl (C=O) groups is 5. The SMILES string of the molecule is CC[C@H]1OC(=O)C(C)C(=O)[C@H](C)[C@@H](OC2OC(CN(C(=O)OCc3ccccc3)C3CC3)CC(N(C)C)C2C)[C@](C)(OC)C[C@@H](C)C(=O)N[C@H](C)[C@H]2CC(=O)O[C@@]21C. The number of methoxy groups -OCH3 is 1. The molecule has 5 rings (SSSR count). The molecular weight excluding hydrogens is 746 g/mol. The van der Waals surface area contributed by atoms with Crippen molar-refractivity contribution in [2.75, 3.05) is 27.7 Å². The van der Waals surface area contributed by atoms with E-state index in [0.29, 0.717) is 19.4 Å². The molecule has 1 aromatic rings. The fourth-order valence-corrected chi connectivity index (χ4v) is 9.42. The zero-order chi connectivity index (χ0) is 42.7. The lowest BCUT2D eigenvalue weighted by molar-refractivity contribution is -0.284. The van der Waals surface area contributed by atoms with Crippen LogP contribution in [0.2, 0.25) is 0 Å². The van der Waals surface area contributed by atoms with Gasteiger partial charge in [0.2, 0.25) is 5.91 Å². The Labute approximate surface area is 344 Å². The van der Waals surface area contributed by atoms with E-state index in [1.54, 1.807) is 25.7 Å². The highest BCUT2D eigenvalue weighted by Gasteiger charge is 2.56. The second-order valence-corrected chi connectivity index (χ2v) is 17.9. The molecule has 0 aromatic heterocycles. The summed E-state index contributed by atoms with van der Waals surface area (Å²) in [6.07, 6.45) is -0.628. The number of rotatable bonds is 10. The van der Waals surface area contributed by atoms with Crippen LogP contribution < -0.4 is 5.32 Å². The normalized spacial score (nSPS) is 37.8. The van der Waals surface area contributed by atoms with E-state index >= 15 is 0 Å². The van der Waals surface area contributed by atoms with Crippen LogP contribution in [0.3, 0.4) is 0 Å². The molecule has 58 heavy (non-hydrogen) atoms. The lowest BCUT2D eigenvalue weighted by Crippen LogP contribution is -2.58. The first kappa shape index (κ1) is 45.5. The van der Waals surface area contributed by atoms with Gasteiger partial charge >= 0.3 is 18.0 Å². The maximum Gasteiger partial charge on any atom is 0.410 e. The van der Waals surface area contributed by atoms with Gasteiger partial charge in [-0.05, 0) is 79.5 Å². The molecule has 1 saturated carbocycles. The van der Waals surface area contributed by atoms with Crippen LogP contribution in [0.4, 0.5) is 4.79 Å². The Kier molecular flexibility index (Phi) is 14.7. The number of amides is 2. The largest absolute Gasteiger partial charge is 0.458 e. The van der Waals surface area contributed by atoms with Crippen LogP contribution in [0, 0.1) is 29.6 Å². The minimum Gasteiger partial charge on any atom is -0.458 e. The van der Waals surface area contributed by atoms with Crippen molar-refractivity contribution >= 4 is 29.7 Å². The molecule has 13 atom stereocenters. The topological polar surface area (TPSA) is 159 Å². The molecule has 0 spiro atoms. The Morgan fingerprint density at radius 1 is 1.00 bits per heavy atom. The van der Waals surface area contributed by atoms with Gasteiger partial charge in [-0.1, -0.05) is 58.0 Å². The van der Waals surface area contributed by atoms with Crippen LogP contribution in [-0.4, -0.2) is 121 Å². The van der Waals surface area contributed by atoms with Gasteiger partial charge in [-0.25, -0.2) is 4.79 Å². The first-order chi connectivity index (χ1) is 27.3. The minimum absolute atomic E-state index is 0.0202. The third-order valence-electron chi connectivity index (χ3n) is 13.2. The first-order valence-electron chi connectivity index (χ1n) is 21.1. The molecule has 0 radical (unpaired) electrons. The van der Waals surface area contributed by atoms with Gasteiger partial charge in [0.1, 0.15) is 18.6 Å². The number of cyclic esters (lactones) is 1. The summed E-state index contributed by atoms with van der Waals surface area (Å²) in [5.41, 5.74) is -1.55. The van der Waals surface area contributed by atoms with Crippen molar-refractivity contribution in [1.29, 1.82) is 0 Å². The first-order valence-corrected chi connectivity index (χ1v) is 21.1. The summed E-state index contributed by atoms with van der Waals surface area (Å²) in [6, 6.07) is 9.08. The number of ketones is 1. The van der Waals surface area contributed by atoms with Gasteiger partial charge in [0.15, 0.2) is 17.7 Å². The maximum absolute atomic E-state index is 14.5. The van der Waals surface area contributed by atoms with Crippen molar-refractivity contribution in [3.63, 3.8) is 0 Å². The lowest BCUT2D eigenvalue weighted by Gasteiger charge is -2.48. The number of benzene rings is 1. The molecular formula is C44H67N3O11. The van der Waals surface area contributed by atoms with Crippen molar-refractivity contribution in [3.05, 3.63) is 35.9 Å². The molecule has 0 bridgehead atoms. The van der Waals surface area contributed by atoms with Gasteiger partial charge in [-0.15, -0.1) is 0 Å². The highest BCUT2D eigenvalue weighted by atomic mass is 16.7. The number of fused-ring (bicyclic) bond motifs is 1. The fraction of sp³-hybridized carbons (Fsp3) is 0.750. The molecule has 1 aromatic carbocycles. The van der Waals surface area contributed by atoms with Gasteiger partial charge in [0.25, 0.3) is 0 Å². The van der Waals surface area contributed by atoms with E-state index < -0.39 is 89.3 Å². The maximum atomic E-state index is 14.5. The van der Waals surface area contributed by atoms with Gasteiger partial charge in [-0.2, -0.15) is 0 Å². The molecule has 2 amide bonds. The third kappa shape index (κ3) is 10.0. The summed E-state index contributed by atoms with van der Waals surface area (Å²) in [4.78, 5) is 72.4. The van der Waals surface area contributed by atoms with Crippen LogP contribution in [0.1, 0.15) is 99.5 Å². The Morgan fingerprint density at radius 2 is 1.67 bits per heavy atom. The standard InChI is InChI=1S/C44H67N3O11/c1-12-35-44(8)33(21-36(48)58-44)29(6)45-39(50)25(2)22-43(7,53-11)38(27(4)37(49)28(5)40(51)56-35)57-41-26(3)34(46(9)10)20-32(55-41)23-47(31-18-19-31)42(52)54-24-30-16-14-13-15-17-30/h13-17,25-29,31-35,38,41H,12,18-24H2,1-11H3,(H,45,50)/t25-,26?,27+,28?,29-,32?,33-,34?,35-,38-,41?,43-,44+/m1/s1. The molecule has 324 valence electrons. The number of ether oxygens (including phenoxy) is 6. The number of nitrogens with zero attached hydrogens (tertiary/aromatic N) is 2. The van der Waals surface area contributed by atoms with E-state index in [1.807, 2.05) is 72.1 Å². The number of hydrogen-bond acceptors (Lipinski definition) is 12. The molecule has 5 unspecified atom stereocenters. The average Bonchev–Trinajstić information content (AvgIpc) is 3.99. The number of Topliss-reactive ketones (excluding diaryl/α,β-unsaturated/α-hetero) is 1. The molecule has 14 nitrogen and oxygen atoms in total. The second kappa shape index (κ2) is 18.8. The van der Waals surface area contributed by atoms with E-state index in [4.69, 9.17) is 28.4 Å². The third-order valence-corrected chi connectivity index (χ3v) is 13.2. The number of nitrogens with one attached hydrogen (secondary N) is 1. The predicted molar refractivity (Wildman–Crippen MR) is 214 cm³/mol. The van der Waals surface area contributed by atoms with Gasteiger partial charge < -0.3 is 43.5 Å². The van der Waals surface area contributed by atoms with Crippen molar-refractivity contribution < 1.29 is 52.4 Å². The van der Waals surface area contributed by atoms with Crippen molar-refractivity contribution in [3.8, 4) is 0 Å². The average molecular weight is 814 g/mol.